The van der Waals surface area contributed by atoms with Gasteiger partial charge in [0.25, 0.3) is 0 Å². The number of anilines is 4. The van der Waals surface area contributed by atoms with Gasteiger partial charge in [-0.2, -0.15) is 0 Å². The summed E-state index contributed by atoms with van der Waals surface area (Å²) in [5.74, 6) is 1.37. The molecule has 0 spiro atoms. The Balaban J connectivity index is 1.25. The normalized spacial score (nSPS) is 12.0. The van der Waals surface area contributed by atoms with Gasteiger partial charge in [0.2, 0.25) is 0 Å². The van der Waals surface area contributed by atoms with E-state index in [-0.39, 0.29) is 0 Å². The van der Waals surface area contributed by atoms with Crippen molar-refractivity contribution in [3.05, 3.63) is 158 Å². The van der Waals surface area contributed by atoms with E-state index in [1.165, 1.54) is 22.1 Å². The first-order valence-corrected chi connectivity index (χ1v) is 22.2. The molecule has 0 saturated heterocycles. The number of benzene rings is 8. The Kier molecular flexibility index (Phi) is 10.2. The van der Waals surface area contributed by atoms with Crippen LogP contribution in [0.1, 0.15) is 41.5 Å². The lowest BCUT2D eigenvalue weighted by Gasteiger charge is -2.36. The van der Waals surface area contributed by atoms with Crippen molar-refractivity contribution in [3.8, 4) is 22.3 Å². The fourth-order valence-electron chi connectivity index (χ4n) is 9.25. The highest BCUT2D eigenvalue weighted by Gasteiger charge is 2.23. The van der Waals surface area contributed by atoms with Crippen molar-refractivity contribution in [2.45, 2.75) is 48.1 Å². The zero-order chi connectivity index (χ0) is 42.5. The Hall–Kier alpha value is -6.92. The van der Waals surface area contributed by atoms with Crippen LogP contribution in [0.25, 0.3) is 76.9 Å². The van der Waals surface area contributed by atoms with E-state index in [2.05, 4.69) is 214 Å². The van der Waals surface area contributed by atoms with E-state index >= 15 is 0 Å². The summed E-state index contributed by atoms with van der Waals surface area (Å²) in [6.07, 6.45) is 0. The van der Waals surface area contributed by atoms with Crippen LogP contribution in [0.2, 0.25) is 0 Å². The zero-order valence-corrected chi connectivity index (χ0v) is 36.5. The summed E-state index contributed by atoms with van der Waals surface area (Å²) >= 11 is 0. The number of nitrogens with zero attached hydrogens (tertiary/aromatic N) is 6. The van der Waals surface area contributed by atoms with E-state index in [4.69, 9.17) is 15.1 Å². The first kappa shape index (κ1) is 39.2. The molecule has 0 fully saturated rings. The van der Waals surface area contributed by atoms with Crippen molar-refractivity contribution in [2.75, 3.05) is 22.9 Å². The highest BCUT2D eigenvalue weighted by molar-refractivity contribution is 6.26. The second-order valence-electron chi connectivity index (χ2n) is 18.0. The lowest BCUT2D eigenvalue weighted by atomic mass is 9.92. The maximum absolute atomic E-state index is 5.78. The summed E-state index contributed by atoms with van der Waals surface area (Å²) in [4.78, 5) is 16.4. The molecule has 0 aliphatic carbocycles. The summed E-state index contributed by atoms with van der Waals surface area (Å²) in [6.45, 7) is 16.2. The Morgan fingerprint density at radius 2 is 0.806 bits per heavy atom. The molecule has 0 N–H and O–H groups in total. The van der Waals surface area contributed by atoms with E-state index in [0.29, 0.717) is 17.8 Å². The van der Waals surface area contributed by atoms with Gasteiger partial charge in [-0.15, -0.1) is 0 Å². The molecule has 308 valence electrons. The van der Waals surface area contributed by atoms with E-state index in [0.717, 1.165) is 97.1 Å². The van der Waals surface area contributed by atoms with E-state index in [1.54, 1.807) is 0 Å². The summed E-state index contributed by atoms with van der Waals surface area (Å²) in [5.41, 5.74) is 14.6. The summed E-state index contributed by atoms with van der Waals surface area (Å²) in [5, 5.41) is 9.90. The SMILES string of the molecule is CC(C)CN(c1ccccc1)c1ccc(-c2c3nc4c5ccccc5c5ccccc5c4nc3c(-c3ccc(N(CC(C)C)c4ccccc4)cc3)c3c2[n-]n3CC(C)C)cc1. The van der Waals surface area contributed by atoms with Crippen LogP contribution >= 0.6 is 0 Å². The molecule has 8 aromatic carbocycles. The van der Waals surface area contributed by atoms with Crippen LogP contribution in [0.3, 0.4) is 0 Å². The summed E-state index contributed by atoms with van der Waals surface area (Å²) in [6, 6.07) is 56.8. The summed E-state index contributed by atoms with van der Waals surface area (Å²) < 4.78 is 2.21. The number of aromatic nitrogens is 4. The Morgan fingerprint density at radius 1 is 0.419 bits per heavy atom. The molecular weight excluding hydrogens is 757 g/mol. The van der Waals surface area contributed by atoms with Crippen LogP contribution in [0.15, 0.2) is 158 Å². The van der Waals surface area contributed by atoms with Gasteiger partial charge in [-0.05, 0) is 93.7 Å². The van der Waals surface area contributed by atoms with E-state index in [9.17, 15) is 0 Å². The Bertz CT molecular complexity index is 3180. The smallest absolute Gasteiger partial charge is 0.0999 e. The van der Waals surface area contributed by atoms with Gasteiger partial charge < -0.3 is 19.6 Å². The predicted octanol–water partition coefficient (Wildman–Crippen LogP) is 14.6. The molecule has 6 nitrogen and oxygen atoms in total. The Labute approximate surface area is 364 Å². The van der Waals surface area contributed by atoms with Crippen molar-refractivity contribution in [1.29, 1.82) is 0 Å². The Morgan fingerprint density at radius 3 is 1.24 bits per heavy atom. The van der Waals surface area contributed by atoms with Gasteiger partial charge in [0.05, 0.1) is 22.1 Å². The van der Waals surface area contributed by atoms with Gasteiger partial charge >= 0.3 is 0 Å². The van der Waals surface area contributed by atoms with Gasteiger partial charge in [-0.1, -0.05) is 156 Å². The van der Waals surface area contributed by atoms with Crippen LogP contribution in [0.4, 0.5) is 22.7 Å². The second kappa shape index (κ2) is 16.2. The molecule has 0 aliphatic heterocycles. The maximum Gasteiger partial charge on any atom is 0.0999 e. The number of fused-ring (bicyclic) bond motifs is 8. The second-order valence-corrected chi connectivity index (χ2v) is 18.0. The molecule has 0 radical (unpaired) electrons. The minimum Gasteiger partial charge on any atom is -0.593 e. The van der Waals surface area contributed by atoms with Gasteiger partial charge in [-0.3, -0.25) is 0 Å². The number of hydrogen-bond acceptors (Lipinski definition) is 4. The largest absolute Gasteiger partial charge is 0.593 e. The first-order chi connectivity index (χ1) is 30.2. The number of para-hydroxylation sites is 2. The highest BCUT2D eigenvalue weighted by atomic mass is 15.3. The molecule has 2 aromatic heterocycles. The van der Waals surface area contributed by atoms with Crippen LogP contribution < -0.4 is 14.9 Å². The quantitative estimate of drug-likeness (QED) is 0.0909. The van der Waals surface area contributed by atoms with Gasteiger partial charge in [0, 0.05) is 64.2 Å². The molecular formula is C56H53N6-. The van der Waals surface area contributed by atoms with Crippen LogP contribution in [0, 0.1) is 17.8 Å². The molecule has 62 heavy (non-hydrogen) atoms. The lowest BCUT2D eigenvalue weighted by molar-refractivity contribution is 0.479. The third kappa shape index (κ3) is 7.03. The minimum atomic E-state index is 0.402. The molecule has 0 amide bonds. The van der Waals surface area contributed by atoms with Crippen molar-refractivity contribution >= 4 is 77.4 Å². The van der Waals surface area contributed by atoms with Crippen LogP contribution in [-0.4, -0.2) is 27.7 Å². The van der Waals surface area contributed by atoms with Crippen LogP contribution in [-0.2, 0) is 6.54 Å². The standard InChI is InChI=1S/C56H53N6/c1-36(2)33-60(41-17-9-7-10-18-41)43-29-25-39(26-30-43)49-53-54(58-52-48-24-16-14-22-46(48)45-21-13-15-23-47(45)51(52)57-53)50(56-55(49)59-62(56)35-38(5)6)40-27-31-44(32-28-40)61(34-37(3)4)42-19-11-8-12-20-42/h7-32,36-38H,33-35H2,1-6H3/q-1. The molecule has 6 heteroatoms. The average Bonchev–Trinajstić information content (AvgIpc) is 3.29. The van der Waals surface area contributed by atoms with Crippen molar-refractivity contribution in [2.24, 2.45) is 17.8 Å². The number of rotatable bonds is 12. The fourth-order valence-corrected chi connectivity index (χ4v) is 9.25. The molecule has 2 heterocycles. The summed E-state index contributed by atoms with van der Waals surface area (Å²) in [7, 11) is 0. The lowest BCUT2D eigenvalue weighted by Crippen LogP contribution is -2.22. The predicted molar refractivity (Wildman–Crippen MR) is 263 cm³/mol. The first-order valence-electron chi connectivity index (χ1n) is 22.2. The monoisotopic (exact) mass is 809 g/mol. The molecule has 0 bridgehead atoms. The zero-order valence-electron chi connectivity index (χ0n) is 36.5. The van der Waals surface area contributed by atoms with Gasteiger partial charge in [0.15, 0.2) is 0 Å². The van der Waals surface area contributed by atoms with Crippen molar-refractivity contribution < 1.29 is 0 Å². The highest BCUT2D eigenvalue weighted by Crippen LogP contribution is 2.46. The average molecular weight is 810 g/mol. The maximum atomic E-state index is 5.78. The molecule has 0 atom stereocenters. The molecule has 0 unspecified atom stereocenters. The van der Waals surface area contributed by atoms with Crippen LogP contribution in [0.5, 0.6) is 0 Å². The van der Waals surface area contributed by atoms with Crippen molar-refractivity contribution in [1.82, 2.24) is 19.7 Å². The number of hydrogen-bond donors (Lipinski definition) is 0. The van der Waals surface area contributed by atoms with E-state index < -0.39 is 0 Å². The third-order valence-electron chi connectivity index (χ3n) is 11.9. The molecule has 10 rings (SSSR count). The van der Waals surface area contributed by atoms with E-state index in [1.807, 2.05) is 0 Å². The van der Waals surface area contributed by atoms with Gasteiger partial charge in [0.1, 0.15) is 0 Å². The minimum absolute atomic E-state index is 0.402. The van der Waals surface area contributed by atoms with Crippen molar-refractivity contribution in [3.63, 3.8) is 0 Å². The third-order valence-corrected chi connectivity index (χ3v) is 11.9. The fraction of sp³-hybridized carbons (Fsp3) is 0.214. The molecule has 0 aliphatic rings. The molecule has 10 aromatic rings. The van der Waals surface area contributed by atoms with Gasteiger partial charge in [-0.25, -0.2) is 9.97 Å². The topological polar surface area (TPSA) is 51.3 Å². The molecule has 0 saturated carbocycles.